The number of anilines is 1. The Labute approximate surface area is 256 Å². The highest BCUT2D eigenvalue weighted by atomic mass is 35.5. The van der Waals surface area contributed by atoms with Crippen LogP contribution in [0, 0.1) is 18.7 Å². The highest BCUT2D eigenvalue weighted by Crippen LogP contribution is 2.66. The summed E-state index contributed by atoms with van der Waals surface area (Å²) in [5.41, 5.74) is 3.60. The molecular weight excluding hydrogens is 590 g/mol. The summed E-state index contributed by atoms with van der Waals surface area (Å²) in [6.07, 6.45) is 2.55. The van der Waals surface area contributed by atoms with Crippen LogP contribution in [-0.2, 0) is 29.7 Å². The van der Waals surface area contributed by atoms with Crippen LogP contribution in [0.1, 0.15) is 43.4 Å². The van der Waals surface area contributed by atoms with Crippen molar-refractivity contribution in [1.29, 1.82) is 0 Å². The number of esters is 1. The number of hydrogen-bond donors (Lipinski definition) is 1. The molecule has 10 heteroatoms. The number of hydrogen-bond acceptors (Lipinski definition) is 7. The topological polar surface area (TPSA) is 77.1 Å². The molecule has 0 spiro atoms. The van der Waals surface area contributed by atoms with E-state index in [2.05, 4.69) is 5.32 Å². The molecule has 0 amide bonds. The van der Waals surface area contributed by atoms with E-state index in [1.165, 1.54) is 12.1 Å². The van der Waals surface area contributed by atoms with Crippen molar-refractivity contribution >= 4 is 30.9 Å². The van der Waals surface area contributed by atoms with Gasteiger partial charge < -0.3 is 24.0 Å². The number of carbonyl (C=O) groups excluding carboxylic acids is 1. The highest BCUT2D eigenvalue weighted by molar-refractivity contribution is 7.58. The van der Waals surface area contributed by atoms with Gasteiger partial charge in [-0.15, -0.1) is 0 Å². The number of benzene rings is 3. The van der Waals surface area contributed by atoms with Gasteiger partial charge in [0.15, 0.2) is 6.73 Å². The summed E-state index contributed by atoms with van der Waals surface area (Å²) in [6.45, 7) is 7.95. The van der Waals surface area contributed by atoms with Crippen molar-refractivity contribution in [2.45, 2.75) is 52.4 Å². The van der Waals surface area contributed by atoms with Crippen molar-refractivity contribution < 1.29 is 27.5 Å². The quantitative estimate of drug-likeness (QED) is 0.154. The minimum absolute atomic E-state index is 0.0385. The fraction of sp³-hybridized carbons (Fsp3) is 0.303. The van der Waals surface area contributed by atoms with Crippen LogP contribution >= 0.6 is 19.2 Å². The molecule has 0 radical (unpaired) electrons. The molecule has 3 aromatic rings. The molecule has 2 aliphatic heterocycles. The van der Waals surface area contributed by atoms with Crippen LogP contribution in [-0.4, -0.2) is 24.9 Å². The lowest BCUT2D eigenvalue weighted by molar-refractivity contribution is -0.139. The van der Waals surface area contributed by atoms with Gasteiger partial charge in [-0.05, 0) is 68.3 Å². The second-order valence-electron chi connectivity index (χ2n) is 11.0. The number of rotatable bonds is 8. The Balaban J connectivity index is 1.43. The van der Waals surface area contributed by atoms with Crippen molar-refractivity contribution in [2.24, 2.45) is 5.92 Å². The smallest absolute Gasteiger partial charge is 0.360 e. The molecule has 3 atom stereocenters. The third-order valence-corrected chi connectivity index (χ3v) is 10.4. The lowest BCUT2D eigenvalue weighted by Gasteiger charge is -2.40. The number of dihydropyridines is 1. The fourth-order valence-electron chi connectivity index (χ4n) is 5.21. The van der Waals surface area contributed by atoms with Gasteiger partial charge in [-0.25, -0.2) is 9.18 Å². The Morgan fingerprint density at radius 2 is 1.67 bits per heavy atom. The van der Waals surface area contributed by atoms with E-state index in [1.54, 1.807) is 36.7 Å². The van der Waals surface area contributed by atoms with E-state index in [0.717, 1.165) is 22.4 Å². The molecule has 2 heterocycles. The molecule has 2 aliphatic rings. The molecule has 0 aliphatic carbocycles. The Hall–Kier alpha value is -3.42. The number of nitrogens with zero attached hydrogens (tertiary/aromatic N) is 1. The summed E-state index contributed by atoms with van der Waals surface area (Å²) in [5, 5.41) is 3.91. The van der Waals surface area contributed by atoms with E-state index in [-0.39, 0.29) is 36.2 Å². The lowest BCUT2D eigenvalue weighted by Crippen LogP contribution is -2.35. The minimum atomic E-state index is -3.80. The van der Waals surface area contributed by atoms with Crippen molar-refractivity contribution in [1.82, 2.24) is 5.32 Å². The van der Waals surface area contributed by atoms with Crippen LogP contribution in [0.25, 0.3) is 0 Å². The number of nitrogens with one attached hydrogen (secondary N) is 1. The zero-order valence-electron chi connectivity index (χ0n) is 24.5. The van der Waals surface area contributed by atoms with Gasteiger partial charge in [0.2, 0.25) is 0 Å². The van der Waals surface area contributed by atoms with Gasteiger partial charge in [-0.3, -0.25) is 4.57 Å². The van der Waals surface area contributed by atoms with Crippen LogP contribution < -0.4 is 10.2 Å². The van der Waals surface area contributed by atoms with Gasteiger partial charge in [0, 0.05) is 35.6 Å². The molecule has 1 fully saturated rings. The molecule has 3 aromatic carbocycles. The molecule has 7 nitrogen and oxygen atoms in total. The van der Waals surface area contributed by atoms with Gasteiger partial charge in [-0.1, -0.05) is 60.5 Å². The molecule has 5 rings (SSSR count). The molecule has 226 valence electrons. The van der Waals surface area contributed by atoms with E-state index < -0.39 is 19.5 Å². The zero-order chi connectivity index (χ0) is 30.7. The van der Waals surface area contributed by atoms with Crippen LogP contribution in [0.15, 0.2) is 96.1 Å². The van der Waals surface area contributed by atoms with E-state index in [0.29, 0.717) is 16.9 Å². The summed E-state index contributed by atoms with van der Waals surface area (Å²) < 4.78 is 45.9. The molecule has 0 aromatic heterocycles. The first kappa shape index (κ1) is 31.0. The second-order valence-corrected chi connectivity index (χ2v) is 13.4. The van der Waals surface area contributed by atoms with Crippen molar-refractivity contribution in [2.75, 3.05) is 11.6 Å². The molecule has 0 saturated carbocycles. The maximum absolute atomic E-state index is 14.3. The second kappa shape index (κ2) is 13.1. The van der Waals surface area contributed by atoms with Gasteiger partial charge in [0.1, 0.15) is 5.82 Å². The highest BCUT2D eigenvalue weighted by Gasteiger charge is 2.48. The Bertz CT molecular complexity index is 1560. The van der Waals surface area contributed by atoms with Gasteiger partial charge in [0.05, 0.1) is 29.0 Å². The largest absolute Gasteiger partial charge is 0.441 e. The number of carbonyl (C=O) groups is 1. The molecule has 43 heavy (non-hydrogen) atoms. The summed E-state index contributed by atoms with van der Waals surface area (Å²) in [6, 6.07) is 21.0. The predicted octanol–water partition coefficient (Wildman–Crippen LogP) is 8.06. The van der Waals surface area contributed by atoms with E-state index in [1.807, 2.05) is 69.0 Å². The Kier molecular flexibility index (Phi) is 9.42. The summed E-state index contributed by atoms with van der Waals surface area (Å²) in [5.74, 6) is -1.62. The van der Waals surface area contributed by atoms with Crippen molar-refractivity contribution in [3.63, 3.8) is 0 Å². The normalized spacial score (nSPS) is 25.3. The van der Waals surface area contributed by atoms with Crippen LogP contribution in [0.5, 0.6) is 0 Å². The maximum Gasteiger partial charge on any atom is 0.360 e. The zero-order valence-corrected chi connectivity index (χ0v) is 26.1. The fourth-order valence-corrected chi connectivity index (χ4v) is 7.72. The predicted molar refractivity (Wildman–Crippen MR) is 166 cm³/mol. The SMILES string of the molecule is Cc1cccc(C2C(C(=O)OCN(Cc3ccc(F)cc3)c3ccc(Cl)cc3)=CNC=C2P2(=O)OC(C)C(C)C(C)O2)c1. The molecule has 1 N–H and O–H groups in total. The van der Waals surface area contributed by atoms with Gasteiger partial charge >= 0.3 is 13.6 Å². The summed E-state index contributed by atoms with van der Waals surface area (Å²) >= 11 is 6.11. The van der Waals surface area contributed by atoms with Crippen molar-refractivity contribution in [3.8, 4) is 0 Å². The Morgan fingerprint density at radius 3 is 2.33 bits per heavy atom. The maximum atomic E-state index is 14.3. The minimum Gasteiger partial charge on any atom is -0.441 e. The Morgan fingerprint density at radius 1 is 1.00 bits per heavy atom. The standard InChI is InChI=1S/C33H35ClFN2O5P/c1-21-6-5-7-26(16-21)32-30(17-36-18-31(32)43(39)41-23(3)22(2)24(4)42-43)33(38)40-20-37(29-14-10-27(34)11-15-29)19-25-8-12-28(35)13-9-25/h5-18,22-24,32,36H,19-20H2,1-4H3. The summed E-state index contributed by atoms with van der Waals surface area (Å²) in [7, 11) is -3.80. The van der Waals surface area contributed by atoms with E-state index in [4.69, 9.17) is 25.4 Å². The first-order valence-corrected chi connectivity index (χ1v) is 16.1. The van der Waals surface area contributed by atoms with E-state index >= 15 is 0 Å². The lowest BCUT2D eigenvalue weighted by atomic mass is 9.89. The third-order valence-electron chi connectivity index (χ3n) is 7.93. The van der Waals surface area contributed by atoms with Crippen LogP contribution in [0.4, 0.5) is 10.1 Å². The average molecular weight is 625 g/mol. The van der Waals surface area contributed by atoms with E-state index in [9.17, 15) is 13.8 Å². The van der Waals surface area contributed by atoms with Crippen LogP contribution in [0.2, 0.25) is 5.02 Å². The van der Waals surface area contributed by atoms with Crippen LogP contribution in [0.3, 0.4) is 0 Å². The van der Waals surface area contributed by atoms with Gasteiger partial charge in [0.25, 0.3) is 0 Å². The molecule has 3 unspecified atom stereocenters. The first-order valence-electron chi connectivity index (χ1n) is 14.2. The number of allylic oxidation sites excluding steroid dienone is 1. The third kappa shape index (κ3) is 7.05. The first-order chi connectivity index (χ1) is 20.5. The molecule has 0 bridgehead atoms. The number of aryl methyl sites for hydroxylation is 1. The monoisotopic (exact) mass is 624 g/mol. The van der Waals surface area contributed by atoms with Crippen molar-refractivity contribution in [3.05, 3.63) is 124 Å². The number of halogens is 2. The average Bonchev–Trinajstić information content (AvgIpc) is 2.99. The molecular formula is C33H35ClFN2O5P. The summed E-state index contributed by atoms with van der Waals surface area (Å²) in [4.78, 5) is 15.7. The van der Waals surface area contributed by atoms with Gasteiger partial charge in [-0.2, -0.15) is 0 Å². The number of ether oxygens (including phenoxy) is 1. The molecule has 1 saturated heterocycles.